The molecule has 1 N–H and O–H groups in total. The van der Waals surface area contributed by atoms with Crippen LogP contribution in [0.3, 0.4) is 0 Å². The molecule has 7 heteroatoms. The molecular formula is C15H18ClFN2O3. The van der Waals surface area contributed by atoms with Crippen LogP contribution in [-0.2, 0) is 4.79 Å². The predicted molar refractivity (Wildman–Crippen MR) is 80.6 cm³/mol. The summed E-state index contributed by atoms with van der Waals surface area (Å²) in [7, 11) is 0. The normalized spacial score (nSPS) is 15.8. The Kier molecular flexibility index (Phi) is 5.74. The number of carboxylic acid groups (broad SMARTS) is 1. The molecule has 0 bridgehead atoms. The first-order valence-electron chi connectivity index (χ1n) is 7.16. The van der Waals surface area contributed by atoms with Gasteiger partial charge in [0, 0.05) is 37.6 Å². The average Bonchev–Trinajstić information content (AvgIpc) is 2.47. The highest BCUT2D eigenvalue weighted by Gasteiger charge is 2.24. The van der Waals surface area contributed by atoms with Crippen molar-refractivity contribution in [3.63, 3.8) is 0 Å². The molecule has 1 fully saturated rings. The zero-order valence-corrected chi connectivity index (χ0v) is 12.9. The monoisotopic (exact) mass is 328 g/mol. The lowest BCUT2D eigenvalue weighted by Crippen LogP contribution is -2.49. The Morgan fingerprint density at radius 3 is 2.50 bits per heavy atom. The molecule has 1 aliphatic heterocycles. The molecule has 1 amide bonds. The van der Waals surface area contributed by atoms with E-state index in [0.717, 1.165) is 6.07 Å². The van der Waals surface area contributed by atoms with E-state index in [4.69, 9.17) is 16.7 Å². The van der Waals surface area contributed by atoms with Crippen molar-refractivity contribution >= 4 is 23.5 Å². The summed E-state index contributed by atoms with van der Waals surface area (Å²) >= 11 is 5.68. The topological polar surface area (TPSA) is 60.9 Å². The maximum atomic E-state index is 13.8. The second-order valence-electron chi connectivity index (χ2n) is 5.26. The van der Waals surface area contributed by atoms with E-state index in [0.29, 0.717) is 39.1 Å². The minimum absolute atomic E-state index is 0.0312. The highest BCUT2D eigenvalue weighted by Crippen LogP contribution is 2.17. The van der Waals surface area contributed by atoms with E-state index in [2.05, 4.69) is 4.90 Å². The number of nitrogens with zero attached hydrogens (tertiary/aromatic N) is 2. The number of aliphatic carboxylic acids is 1. The zero-order chi connectivity index (χ0) is 16.1. The molecule has 0 aromatic heterocycles. The summed E-state index contributed by atoms with van der Waals surface area (Å²) in [5.41, 5.74) is 0.0312. The highest BCUT2D eigenvalue weighted by atomic mass is 35.5. The third-order valence-corrected chi connectivity index (χ3v) is 3.92. The lowest BCUT2D eigenvalue weighted by atomic mass is 10.1. The molecule has 2 rings (SSSR count). The Morgan fingerprint density at radius 2 is 1.91 bits per heavy atom. The molecule has 1 aromatic carbocycles. The molecule has 0 aliphatic carbocycles. The lowest BCUT2D eigenvalue weighted by molar-refractivity contribution is -0.137. The standard InChI is InChI=1S/C15H18ClFN2O3/c16-11-3-4-12(13(17)10-11)15(22)19-8-6-18(7-9-19)5-1-2-14(20)21/h3-4,10H,1-2,5-9H2,(H,20,21). The van der Waals surface area contributed by atoms with Gasteiger partial charge in [-0.2, -0.15) is 0 Å². The van der Waals surface area contributed by atoms with Gasteiger partial charge < -0.3 is 10.0 Å². The molecule has 22 heavy (non-hydrogen) atoms. The van der Waals surface area contributed by atoms with Crippen molar-refractivity contribution in [3.8, 4) is 0 Å². The SMILES string of the molecule is O=C(O)CCCN1CCN(C(=O)c2ccc(Cl)cc2F)CC1. The Hall–Kier alpha value is -1.66. The number of benzene rings is 1. The molecule has 1 aliphatic rings. The van der Waals surface area contributed by atoms with E-state index < -0.39 is 11.8 Å². The minimum atomic E-state index is -0.799. The van der Waals surface area contributed by atoms with Crippen LogP contribution in [0.5, 0.6) is 0 Å². The molecule has 0 atom stereocenters. The Morgan fingerprint density at radius 1 is 1.23 bits per heavy atom. The van der Waals surface area contributed by atoms with Gasteiger partial charge in [-0.3, -0.25) is 14.5 Å². The Labute approximate surface area is 133 Å². The smallest absolute Gasteiger partial charge is 0.303 e. The molecule has 5 nitrogen and oxygen atoms in total. The molecule has 0 saturated carbocycles. The van der Waals surface area contributed by atoms with E-state index in [1.165, 1.54) is 12.1 Å². The van der Waals surface area contributed by atoms with E-state index >= 15 is 0 Å². The molecule has 120 valence electrons. The van der Waals surface area contributed by atoms with Crippen LogP contribution in [-0.4, -0.2) is 59.5 Å². The fourth-order valence-corrected chi connectivity index (χ4v) is 2.62. The third-order valence-electron chi connectivity index (χ3n) is 3.69. The fourth-order valence-electron chi connectivity index (χ4n) is 2.46. The van der Waals surface area contributed by atoms with Crippen molar-refractivity contribution in [2.24, 2.45) is 0 Å². The number of amides is 1. The fraction of sp³-hybridized carbons (Fsp3) is 0.467. The second kappa shape index (κ2) is 7.56. The van der Waals surface area contributed by atoms with Crippen molar-refractivity contribution in [2.45, 2.75) is 12.8 Å². The van der Waals surface area contributed by atoms with Crippen LogP contribution in [0.2, 0.25) is 5.02 Å². The molecule has 1 aromatic rings. The average molecular weight is 329 g/mol. The number of hydrogen-bond acceptors (Lipinski definition) is 3. The van der Waals surface area contributed by atoms with Crippen molar-refractivity contribution in [1.29, 1.82) is 0 Å². The Bertz CT molecular complexity index is 560. The summed E-state index contributed by atoms with van der Waals surface area (Å²) in [6.45, 7) is 3.05. The number of rotatable bonds is 5. The summed E-state index contributed by atoms with van der Waals surface area (Å²) in [5.74, 6) is -1.74. The molecular weight excluding hydrogens is 311 g/mol. The van der Waals surface area contributed by atoms with Gasteiger partial charge in [0.15, 0.2) is 0 Å². The number of carboxylic acids is 1. The molecule has 1 heterocycles. The van der Waals surface area contributed by atoms with Crippen LogP contribution in [0.25, 0.3) is 0 Å². The number of piperazine rings is 1. The first kappa shape index (κ1) is 16.7. The van der Waals surface area contributed by atoms with Crippen LogP contribution in [0.15, 0.2) is 18.2 Å². The van der Waals surface area contributed by atoms with Crippen molar-refractivity contribution in [2.75, 3.05) is 32.7 Å². The predicted octanol–water partition coefficient (Wildman–Crippen LogP) is 2.10. The Balaban J connectivity index is 1.86. The highest BCUT2D eigenvalue weighted by molar-refractivity contribution is 6.30. The van der Waals surface area contributed by atoms with Crippen LogP contribution in [0.1, 0.15) is 23.2 Å². The van der Waals surface area contributed by atoms with E-state index in [1.54, 1.807) is 4.90 Å². The number of halogens is 2. The lowest BCUT2D eigenvalue weighted by Gasteiger charge is -2.34. The van der Waals surface area contributed by atoms with E-state index in [1.807, 2.05) is 0 Å². The minimum Gasteiger partial charge on any atom is -0.481 e. The maximum Gasteiger partial charge on any atom is 0.303 e. The first-order valence-corrected chi connectivity index (χ1v) is 7.53. The molecule has 0 unspecified atom stereocenters. The first-order chi connectivity index (χ1) is 10.5. The van der Waals surface area contributed by atoms with Crippen molar-refractivity contribution in [1.82, 2.24) is 9.80 Å². The number of carbonyl (C=O) groups is 2. The van der Waals surface area contributed by atoms with Gasteiger partial charge in [-0.1, -0.05) is 11.6 Å². The largest absolute Gasteiger partial charge is 0.481 e. The van der Waals surface area contributed by atoms with Gasteiger partial charge in [0.05, 0.1) is 5.56 Å². The maximum absolute atomic E-state index is 13.8. The number of hydrogen-bond donors (Lipinski definition) is 1. The van der Waals surface area contributed by atoms with Gasteiger partial charge in [-0.25, -0.2) is 4.39 Å². The van der Waals surface area contributed by atoms with E-state index in [-0.39, 0.29) is 22.9 Å². The van der Waals surface area contributed by atoms with Crippen LogP contribution in [0, 0.1) is 5.82 Å². The van der Waals surface area contributed by atoms with Gasteiger partial charge in [0.2, 0.25) is 0 Å². The quantitative estimate of drug-likeness (QED) is 0.899. The second-order valence-corrected chi connectivity index (χ2v) is 5.69. The molecule has 0 radical (unpaired) electrons. The van der Waals surface area contributed by atoms with Crippen LogP contribution >= 0.6 is 11.6 Å². The summed E-state index contributed by atoms with van der Waals surface area (Å²) in [5, 5.41) is 8.87. The summed E-state index contributed by atoms with van der Waals surface area (Å²) in [6, 6.07) is 4.04. The molecule has 1 saturated heterocycles. The van der Waals surface area contributed by atoms with Gasteiger partial charge in [-0.15, -0.1) is 0 Å². The van der Waals surface area contributed by atoms with Gasteiger partial charge >= 0.3 is 5.97 Å². The summed E-state index contributed by atoms with van der Waals surface area (Å²) < 4.78 is 13.8. The van der Waals surface area contributed by atoms with Crippen LogP contribution < -0.4 is 0 Å². The van der Waals surface area contributed by atoms with Crippen molar-refractivity contribution < 1.29 is 19.1 Å². The summed E-state index contributed by atoms with van der Waals surface area (Å²) in [6.07, 6.45) is 0.740. The summed E-state index contributed by atoms with van der Waals surface area (Å²) in [4.78, 5) is 26.5. The number of carbonyl (C=O) groups excluding carboxylic acids is 1. The van der Waals surface area contributed by atoms with Gasteiger partial charge in [-0.05, 0) is 31.2 Å². The van der Waals surface area contributed by atoms with E-state index in [9.17, 15) is 14.0 Å². The molecule has 0 spiro atoms. The van der Waals surface area contributed by atoms with Crippen LogP contribution in [0.4, 0.5) is 4.39 Å². The van der Waals surface area contributed by atoms with Crippen molar-refractivity contribution in [3.05, 3.63) is 34.6 Å². The van der Waals surface area contributed by atoms with Gasteiger partial charge in [0.25, 0.3) is 5.91 Å². The zero-order valence-electron chi connectivity index (χ0n) is 12.1. The van der Waals surface area contributed by atoms with Gasteiger partial charge in [0.1, 0.15) is 5.82 Å². The third kappa shape index (κ3) is 4.42.